The molecule has 2 heterocycles. The molecule has 2 rings (SSSR count). The van der Waals surface area contributed by atoms with Crippen molar-refractivity contribution in [2.45, 2.75) is 19.3 Å². The van der Waals surface area contributed by atoms with E-state index in [0.29, 0.717) is 17.4 Å². The summed E-state index contributed by atoms with van der Waals surface area (Å²) in [5, 5.41) is 0. The van der Waals surface area contributed by atoms with Gasteiger partial charge in [-0.2, -0.15) is 0 Å². The van der Waals surface area contributed by atoms with Gasteiger partial charge in [-0.3, -0.25) is 9.69 Å². The minimum atomic E-state index is -0.459. The van der Waals surface area contributed by atoms with Gasteiger partial charge < -0.3 is 0 Å². The molecule has 0 radical (unpaired) electrons. The SMILES string of the molecule is O=C1CCCCN1c1ncc(Br)cc1F. The van der Waals surface area contributed by atoms with Gasteiger partial charge in [-0.05, 0) is 34.8 Å². The lowest BCUT2D eigenvalue weighted by Crippen LogP contribution is -2.36. The molecule has 15 heavy (non-hydrogen) atoms. The number of rotatable bonds is 1. The number of nitrogens with zero attached hydrogens (tertiary/aromatic N) is 2. The van der Waals surface area contributed by atoms with Crippen LogP contribution in [0.3, 0.4) is 0 Å². The largest absolute Gasteiger partial charge is 0.294 e. The molecule has 3 nitrogen and oxygen atoms in total. The average Bonchev–Trinajstić information content (AvgIpc) is 2.20. The summed E-state index contributed by atoms with van der Waals surface area (Å²) in [6.45, 7) is 0.560. The van der Waals surface area contributed by atoms with Gasteiger partial charge in [-0.15, -0.1) is 0 Å². The molecule has 0 N–H and O–H groups in total. The summed E-state index contributed by atoms with van der Waals surface area (Å²) in [5.74, 6) is -0.363. The van der Waals surface area contributed by atoms with E-state index in [1.165, 1.54) is 17.2 Å². The van der Waals surface area contributed by atoms with Gasteiger partial charge in [0.1, 0.15) is 0 Å². The van der Waals surface area contributed by atoms with Crippen LogP contribution in [0.25, 0.3) is 0 Å². The van der Waals surface area contributed by atoms with Crippen LogP contribution >= 0.6 is 15.9 Å². The molecule has 1 saturated heterocycles. The van der Waals surface area contributed by atoms with Crippen molar-refractivity contribution in [1.82, 2.24) is 4.98 Å². The number of aromatic nitrogens is 1. The molecule has 0 atom stereocenters. The molecule has 0 saturated carbocycles. The molecule has 0 aromatic carbocycles. The monoisotopic (exact) mass is 272 g/mol. The maximum Gasteiger partial charge on any atom is 0.228 e. The fraction of sp³-hybridized carbons (Fsp3) is 0.400. The Morgan fingerprint density at radius 3 is 2.93 bits per heavy atom. The van der Waals surface area contributed by atoms with Gasteiger partial charge in [-0.1, -0.05) is 0 Å². The van der Waals surface area contributed by atoms with Gasteiger partial charge in [0, 0.05) is 23.6 Å². The Bertz CT molecular complexity index is 397. The van der Waals surface area contributed by atoms with Crippen molar-refractivity contribution in [3.63, 3.8) is 0 Å². The molecule has 1 aromatic rings. The maximum atomic E-state index is 13.5. The highest BCUT2D eigenvalue weighted by Gasteiger charge is 2.23. The predicted octanol–water partition coefficient (Wildman–Crippen LogP) is 2.50. The number of amides is 1. The highest BCUT2D eigenvalue weighted by molar-refractivity contribution is 9.10. The van der Waals surface area contributed by atoms with Gasteiger partial charge in [-0.25, -0.2) is 9.37 Å². The zero-order valence-corrected chi connectivity index (χ0v) is 9.63. The number of pyridine rings is 1. The summed E-state index contributed by atoms with van der Waals surface area (Å²) in [5.41, 5.74) is 0. The molecule has 1 aliphatic heterocycles. The lowest BCUT2D eigenvalue weighted by atomic mass is 10.1. The molecular weight excluding hydrogens is 263 g/mol. The third-order valence-electron chi connectivity index (χ3n) is 2.37. The van der Waals surface area contributed by atoms with Crippen molar-refractivity contribution in [1.29, 1.82) is 0 Å². The van der Waals surface area contributed by atoms with E-state index in [9.17, 15) is 9.18 Å². The summed E-state index contributed by atoms with van der Waals surface area (Å²) in [7, 11) is 0. The van der Waals surface area contributed by atoms with Crippen molar-refractivity contribution in [2.24, 2.45) is 0 Å². The van der Waals surface area contributed by atoms with Crippen LogP contribution in [-0.4, -0.2) is 17.4 Å². The number of piperidine rings is 1. The Balaban J connectivity index is 2.31. The van der Waals surface area contributed by atoms with E-state index in [1.54, 1.807) is 0 Å². The topological polar surface area (TPSA) is 33.2 Å². The first kappa shape index (κ1) is 10.5. The first-order valence-electron chi connectivity index (χ1n) is 4.80. The smallest absolute Gasteiger partial charge is 0.228 e. The van der Waals surface area contributed by atoms with Crippen LogP contribution in [0.4, 0.5) is 10.2 Å². The standard InChI is InChI=1S/C10H10BrFN2O/c11-7-5-8(12)10(13-6-7)14-4-2-1-3-9(14)15/h5-6H,1-4H2. The number of carbonyl (C=O) groups excluding carboxylic acids is 1. The lowest BCUT2D eigenvalue weighted by molar-refractivity contribution is -0.119. The predicted molar refractivity (Wildman–Crippen MR) is 58.1 cm³/mol. The molecular formula is C10H10BrFN2O. The second kappa shape index (κ2) is 4.26. The van der Waals surface area contributed by atoms with E-state index in [2.05, 4.69) is 20.9 Å². The van der Waals surface area contributed by atoms with Gasteiger partial charge in [0.2, 0.25) is 5.91 Å². The number of hydrogen-bond acceptors (Lipinski definition) is 2. The Morgan fingerprint density at radius 1 is 1.47 bits per heavy atom. The molecule has 0 spiro atoms. The van der Waals surface area contributed by atoms with Crippen molar-refractivity contribution in [3.05, 3.63) is 22.6 Å². The van der Waals surface area contributed by atoms with Gasteiger partial charge in [0.05, 0.1) is 0 Å². The lowest BCUT2D eigenvalue weighted by Gasteiger charge is -2.25. The van der Waals surface area contributed by atoms with Gasteiger partial charge in [0.15, 0.2) is 11.6 Å². The Kier molecular flexibility index (Phi) is 3.00. The summed E-state index contributed by atoms with van der Waals surface area (Å²) >= 11 is 3.13. The quantitative estimate of drug-likeness (QED) is 0.787. The van der Waals surface area contributed by atoms with E-state index >= 15 is 0 Å². The van der Waals surface area contributed by atoms with Crippen molar-refractivity contribution in [3.8, 4) is 0 Å². The zero-order chi connectivity index (χ0) is 10.8. The first-order chi connectivity index (χ1) is 7.18. The van der Waals surface area contributed by atoms with Crippen LogP contribution in [0.15, 0.2) is 16.7 Å². The second-order valence-electron chi connectivity index (χ2n) is 3.46. The van der Waals surface area contributed by atoms with Crippen molar-refractivity contribution >= 4 is 27.7 Å². The van der Waals surface area contributed by atoms with Crippen LogP contribution in [0.5, 0.6) is 0 Å². The average molecular weight is 273 g/mol. The fourth-order valence-corrected chi connectivity index (χ4v) is 1.94. The van der Waals surface area contributed by atoms with E-state index < -0.39 is 5.82 Å². The van der Waals surface area contributed by atoms with Gasteiger partial charge in [0.25, 0.3) is 0 Å². The summed E-state index contributed by atoms with van der Waals surface area (Å²) in [6.07, 6.45) is 3.77. The number of carbonyl (C=O) groups is 1. The molecule has 1 aromatic heterocycles. The number of hydrogen-bond donors (Lipinski definition) is 0. The van der Waals surface area contributed by atoms with Crippen LogP contribution in [0, 0.1) is 5.82 Å². The van der Waals surface area contributed by atoms with Gasteiger partial charge >= 0.3 is 0 Å². The molecule has 1 fully saturated rings. The molecule has 5 heteroatoms. The van der Waals surface area contributed by atoms with E-state index in [1.807, 2.05) is 0 Å². The highest BCUT2D eigenvalue weighted by Crippen LogP contribution is 2.23. The van der Waals surface area contributed by atoms with Crippen LogP contribution < -0.4 is 4.90 Å². The van der Waals surface area contributed by atoms with E-state index in [0.717, 1.165) is 12.8 Å². The maximum absolute atomic E-state index is 13.5. The van der Waals surface area contributed by atoms with E-state index in [4.69, 9.17) is 0 Å². The summed E-state index contributed by atoms with van der Waals surface area (Å²) < 4.78 is 14.1. The van der Waals surface area contributed by atoms with Crippen LogP contribution in [-0.2, 0) is 4.79 Å². The second-order valence-corrected chi connectivity index (χ2v) is 4.38. The molecule has 80 valence electrons. The normalized spacial score (nSPS) is 16.9. The third-order valence-corrected chi connectivity index (χ3v) is 2.80. The molecule has 0 unspecified atom stereocenters. The Labute approximate surface area is 95.4 Å². The zero-order valence-electron chi connectivity index (χ0n) is 8.04. The summed E-state index contributed by atoms with van der Waals surface area (Å²) in [6, 6.07) is 1.32. The molecule has 1 aliphatic rings. The molecule has 0 bridgehead atoms. The minimum absolute atomic E-state index is 0.0463. The van der Waals surface area contributed by atoms with Crippen LogP contribution in [0.1, 0.15) is 19.3 Å². The Hall–Kier alpha value is -0.970. The van der Waals surface area contributed by atoms with Crippen LogP contribution in [0.2, 0.25) is 0 Å². The first-order valence-corrected chi connectivity index (χ1v) is 5.59. The number of halogens is 2. The van der Waals surface area contributed by atoms with Crippen molar-refractivity contribution < 1.29 is 9.18 Å². The summed E-state index contributed by atoms with van der Waals surface area (Å²) in [4.78, 5) is 16.9. The number of anilines is 1. The molecule has 1 amide bonds. The Morgan fingerprint density at radius 2 is 2.27 bits per heavy atom. The third kappa shape index (κ3) is 2.17. The minimum Gasteiger partial charge on any atom is -0.294 e. The van der Waals surface area contributed by atoms with Crippen molar-refractivity contribution in [2.75, 3.05) is 11.4 Å². The molecule has 0 aliphatic carbocycles. The highest BCUT2D eigenvalue weighted by atomic mass is 79.9. The fourth-order valence-electron chi connectivity index (χ4n) is 1.64. The van der Waals surface area contributed by atoms with E-state index in [-0.39, 0.29) is 11.7 Å².